The zero-order chi connectivity index (χ0) is 22.1. The molecule has 1 saturated heterocycles. The number of rotatable bonds is 4. The molecule has 2 atom stereocenters. The van der Waals surface area contributed by atoms with E-state index in [2.05, 4.69) is 41.9 Å². The van der Waals surface area contributed by atoms with E-state index in [4.69, 9.17) is 7.85 Å². The van der Waals surface area contributed by atoms with E-state index in [1.54, 1.807) is 19.0 Å². The van der Waals surface area contributed by atoms with Gasteiger partial charge in [-0.05, 0) is 79.9 Å². The molecule has 0 spiro atoms. The van der Waals surface area contributed by atoms with E-state index in [1.807, 2.05) is 24.4 Å². The third-order valence-electron chi connectivity index (χ3n) is 7.08. The SMILES string of the molecule is [B]c1ccnc2c1C=C(C(C)N1CCC(c3ccc(C(=O)N(C)C)cc3)CC1)C(C)C2. The highest BCUT2D eigenvalue weighted by Crippen LogP contribution is 2.34. The van der Waals surface area contributed by atoms with Crippen LogP contribution in [0.4, 0.5) is 0 Å². The van der Waals surface area contributed by atoms with Crippen LogP contribution < -0.4 is 5.46 Å². The second kappa shape index (κ2) is 9.00. The predicted molar refractivity (Wildman–Crippen MR) is 128 cm³/mol. The van der Waals surface area contributed by atoms with E-state index in [0.29, 0.717) is 17.9 Å². The van der Waals surface area contributed by atoms with E-state index >= 15 is 0 Å². The van der Waals surface area contributed by atoms with Gasteiger partial charge in [-0.1, -0.05) is 36.7 Å². The molecule has 5 heteroatoms. The van der Waals surface area contributed by atoms with Crippen LogP contribution in [0.25, 0.3) is 6.08 Å². The Kier molecular flexibility index (Phi) is 6.33. The molecule has 2 radical (unpaired) electrons. The number of amides is 1. The van der Waals surface area contributed by atoms with E-state index in [9.17, 15) is 4.79 Å². The minimum Gasteiger partial charge on any atom is -0.345 e. The number of likely N-dealkylation sites (tertiary alicyclic amines) is 1. The first-order valence-electron chi connectivity index (χ1n) is 11.4. The van der Waals surface area contributed by atoms with Gasteiger partial charge < -0.3 is 4.90 Å². The standard InChI is InChI=1S/C26H32BN3O/c1-17-15-25-23(24(27)9-12-28-25)16-22(17)18(2)30-13-10-20(11-14-30)19-5-7-21(8-6-19)26(31)29(3)4/h5-9,12,16-18,20H,10-11,13-15H2,1-4H3. The fraction of sp³-hybridized carbons (Fsp3) is 0.462. The van der Waals surface area contributed by atoms with Crippen LogP contribution in [-0.4, -0.2) is 61.8 Å². The topological polar surface area (TPSA) is 36.4 Å². The number of aromatic nitrogens is 1. The Bertz CT molecular complexity index is 975. The normalized spacial score (nSPS) is 20.6. The molecule has 4 nitrogen and oxygen atoms in total. The average molecular weight is 413 g/mol. The van der Waals surface area contributed by atoms with Crippen LogP contribution in [-0.2, 0) is 6.42 Å². The fourth-order valence-corrected chi connectivity index (χ4v) is 5.10. The van der Waals surface area contributed by atoms with Gasteiger partial charge in [-0.15, -0.1) is 0 Å². The summed E-state index contributed by atoms with van der Waals surface area (Å²) in [6.45, 7) is 6.81. The summed E-state index contributed by atoms with van der Waals surface area (Å²) < 4.78 is 0. The van der Waals surface area contributed by atoms with Crippen molar-refractivity contribution in [2.75, 3.05) is 27.2 Å². The lowest BCUT2D eigenvalue weighted by Crippen LogP contribution is -2.42. The van der Waals surface area contributed by atoms with Crippen LogP contribution in [0.15, 0.2) is 42.1 Å². The van der Waals surface area contributed by atoms with Crippen LogP contribution in [0.1, 0.15) is 59.8 Å². The summed E-state index contributed by atoms with van der Waals surface area (Å²) in [5.41, 5.74) is 6.64. The van der Waals surface area contributed by atoms with Gasteiger partial charge in [0.1, 0.15) is 7.85 Å². The number of carbonyl (C=O) groups is 1. The van der Waals surface area contributed by atoms with Crippen molar-refractivity contribution in [2.24, 2.45) is 5.92 Å². The monoisotopic (exact) mass is 413 g/mol. The van der Waals surface area contributed by atoms with Crippen molar-refractivity contribution in [3.05, 3.63) is 64.5 Å². The molecule has 31 heavy (non-hydrogen) atoms. The maximum Gasteiger partial charge on any atom is 0.253 e. The first-order valence-corrected chi connectivity index (χ1v) is 11.4. The number of piperidine rings is 1. The average Bonchev–Trinajstić information content (AvgIpc) is 2.78. The summed E-state index contributed by atoms with van der Waals surface area (Å²) in [4.78, 5) is 20.9. The van der Waals surface area contributed by atoms with Gasteiger partial charge in [0.05, 0.1) is 0 Å². The zero-order valence-corrected chi connectivity index (χ0v) is 19.1. The molecule has 1 aliphatic heterocycles. The van der Waals surface area contributed by atoms with Crippen molar-refractivity contribution in [2.45, 2.75) is 45.1 Å². The molecule has 0 bridgehead atoms. The quantitative estimate of drug-likeness (QED) is 0.721. The number of carbonyl (C=O) groups excluding carboxylic acids is 1. The molecular formula is C26H32BN3O. The first kappa shape index (κ1) is 21.8. The molecule has 1 aliphatic carbocycles. The largest absolute Gasteiger partial charge is 0.345 e. The second-order valence-corrected chi connectivity index (χ2v) is 9.32. The minimum absolute atomic E-state index is 0.0579. The van der Waals surface area contributed by atoms with Crippen molar-refractivity contribution in [3.8, 4) is 0 Å². The Labute approximate surface area is 187 Å². The van der Waals surface area contributed by atoms with Crippen molar-refractivity contribution < 1.29 is 4.79 Å². The number of pyridine rings is 1. The maximum absolute atomic E-state index is 12.1. The molecule has 2 unspecified atom stereocenters. The predicted octanol–water partition coefficient (Wildman–Crippen LogP) is 3.42. The van der Waals surface area contributed by atoms with Gasteiger partial charge in [0.15, 0.2) is 0 Å². The van der Waals surface area contributed by atoms with Gasteiger partial charge in [0, 0.05) is 37.6 Å². The van der Waals surface area contributed by atoms with Gasteiger partial charge >= 0.3 is 0 Å². The highest BCUT2D eigenvalue weighted by molar-refractivity contribution is 6.34. The Morgan fingerprint density at radius 1 is 1.16 bits per heavy atom. The van der Waals surface area contributed by atoms with Gasteiger partial charge in [-0.25, -0.2) is 0 Å². The molecule has 1 aromatic heterocycles. The molecule has 160 valence electrons. The lowest BCUT2D eigenvalue weighted by Gasteiger charge is -2.39. The van der Waals surface area contributed by atoms with E-state index < -0.39 is 0 Å². The van der Waals surface area contributed by atoms with E-state index in [1.165, 1.54) is 11.1 Å². The number of benzene rings is 1. The third-order valence-corrected chi connectivity index (χ3v) is 7.08. The summed E-state index contributed by atoms with van der Waals surface area (Å²) in [5, 5.41) is 0. The van der Waals surface area contributed by atoms with Crippen molar-refractivity contribution in [1.82, 2.24) is 14.8 Å². The molecule has 1 aromatic carbocycles. The summed E-state index contributed by atoms with van der Waals surface area (Å²) in [5.74, 6) is 1.10. The van der Waals surface area contributed by atoms with Gasteiger partial charge in [0.25, 0.3) is 5.91 Å². The second-order valence-electron chi connectivity index (χ2n) is 9.32. The van der Waals surface area contributed by atoms with E-state index in [-0.39, 0.29) is 5.91 Å². The van der Waals surface area contributed by atoms with Crippen LogP contribution in [0.3, 0.4) is 0 Å². The van der Waals surface area contributed by atoms with Crippen LogP contribution in [0.5, 0.6) is 0 Å². The molecule has 1 amide bonds. The lowest BCUT2D eigenvalue weighted by atomic mass is 9.78. The van der Waals surface area contributed by atoms with Gasteiger partial charge in [-0.3, -0.25) is 14.7 Å². The number of hydrogen-bond acceptors (Lipinski definition) is 3. The molecule has 2 heterocycles. The molecular weight excluding hydrogens is 381 g/mol. The summed E-state index contributed by atoms with van der Waals surface area (Å²) in [6, 6.07) is 10.5. The number of hydrogen-bond donors (Lipinski definition) is 0. The van der Waals surface area contributed by atoms with Crippen LogP contribution in [0.2, 0.25) is 0 Å². The van der Waals surface area contributed by atoms with Crippen LogP contribution >= 0.6 is 0 Å². The maximum atomic E-state index is 12.1. The van der Waals surface area contributed by atoms with Crippen molar-refractivity contribution in [3.63, 3.8) is 0 Å². The van der Waals surface area contributed by atoms with E-state index in [0.717, 1.165) is 54.6 Å². The number of fused-ring (bicyclic) bond motifs is 1. The third kappa shape index (κ3) is 4.47. The molecule has 1 fully saturated rings. The smallest absolute Gasteiger partial charge is 0.253 e. The molecule has 4 rings (SSSR count). The van der Waals surface area contributed by atoms with Crippen molar-refractivity contribution >= 4 is 25.3 Å². The molecule has 2 aromatic rings. The Hall–Kier alpha value is -2.40. The zero-order valence-electron chi connectivity index (χ0n) is 19.1. The Balaban J connectivity index is 1.42. The van der Waals surface area contributed by atoms with Gasteiger partial charge in [0.2, 0.25) is 0 Å². The Morgan fingerprint density at radius 3 is 2.48 bits per heavy atom. The summed E-state index contributed by atoms with van der Waals surface area (Å²) in [7, 11) is 9.82. The summed E-state index contributed by atoms with van der Waals surface area (Å²) in [6.07, 6.45) is 7.37. The summed E-state index contributed by atoms with van der Waals surface area (Å²) >= 11 is 0. The molecule has 0 saturated carbocycles. The highest BCUT2D eigenvalue weighted by Gasteiger charge is 2.29. The molecule has 2 aliphatic rings. The van der Waals surface area contributed by atoms with Crippen LogP contribution in [0, 0.1) is 5.92 Å². The first-order chi connectivity index (χ1) is 14.8. The van der Waals surface area contributed by atoms with Crippen molar-refractivity contribution in [1.29, 1.82) is 0 Å². The Morgan fingerprint density at radius 2 is 1.84 bits per heavy atom. The molecule has 0 N–H and O–H groups in total. The highest BCUT2D eigenvalue weighted by atomic mass is 16.2. The minimum atomic E-state index is 0.0579. The lowest BCUT2D eigenvalue weighted by molar-refractivity contribution is 0.0827. The number of nitrogens with zero attached hydrogens (tertiary/aromatic N) is 3. The van der Waals surface area contributed by atoms with Gasteiger partial charge in [-0.2, -0.15) is 0 Å². The fourth-order valence-electron chi connectivity index (χ4n) is 5.10.